The number of hydrogen-bond acceptors (Lipinski definition) is 3. The van der Waals surface area contributed by atoms with Crippen LogP contribution >= 0.6 is 0 Å². The molecule has 2 heterocycles. The Labute approximate surface area is 189 Å². The average molecular weight is 431 g/mol. The maximum atomic E-state index is 13.3. The zero-order chi connectivity index (χ0) is 22.4. The molecular formula is C26H44N3O2+. The van der Waals surface area contributed by atoms with Crippen LogP contribution in [0.4, 0.5) is 0 Å². The molecule has 174 valence electrons. The molecule has 5 heteroatoms. The number of fused-ring (bicyclic) bond motifs is 1. The Bertz CT molecular complexity index is 728. The van der Waals surface area contributed by atoms with Crippen molar-refractivity contribution in [1.82, 2.24) is 9.80 Å². The van der Waals surface area contributed by atoms with Gasteiger partial charge >= 0.3 is 0 Å². The Balaban J connectivity index is 1.60. The number of quaternary nitrogens is 1. The third kappa shape index (κ3) is 6.69. The summed E-state index contributed by atoms with van der Waals surface area (Å²) in [6, 6.07) is 7.24. The average Bonchev–Trinajstić information content (AvgIpc) is 3.35. The number of benzene rings is 1. The fraction of sp³-hybridized carbons (Fsp3) is 0.731. The maximum absolute atomic E-state index is 13.3. The minimum absolute atomic E-state index is 0.316. The molecule has 2 aliphatic rings. The highest BCUT2D eigenvalue weighted by atomic mass is 16.5. The summed E-state index contributed by atoms with van der Waals surface area (Å²) in [5, 5.41) is 0. The standard InChI is InChI=1S/C26H44N3O2/c1-6-8-13-27(14-9-15-29(3,4)5)26(30)20-28-19-23(18-24(28)7-2)21-10-11-25-22(17-21)12-16-31-25/h10-11,17,23-24H,6-9,12-16,18-20H2,1-5H3/q+1. The van der Waals surface area contributed by atoms with Crippen molar-refractivity contribution >= 4 is 5.91 Å². The van der Waals surface area contributed by atoms with E-state index in [1.807, 2.05) is 0 Å². The lowest BCUT2D eigenvalue weighted by Gasteiger charge is -2.30. The van der Waals surface area contributed by atoms with E-state index in [1.54, 1.807) is 0 Å². The third-order valence-electron chi connectivity index (χ3n) is 6.91. The summed E-state index contributed by atoms with van der Waals surface area (Å²) in [5.74, 6) is 1.89. The van der Waals surface area contributed by atoms with Crippen LogP contribution in [-0.2, 0) is 11.2 Å². The van der Waals surface area contributed by atoms with Crippen LogP contribution in [-0.4, -0.2) is 86.7 Å². The number of likely N-dealkylation sites (tertiary alicyclic amines) is 1. The molecule has 1 aromatic carbocycles. The number of ether oxygens (including phenoxy) is 1. The van der Waals surface area contributed by atoms with Gasteiger partial charge in [0.1, 0.15) is 5.75 Å². The van der Waals surface area contributed by atoms with Crippen LogP contribution in [0.5, 0.6) is 5.75 Å². The maximum Gasteiger partial charge on any atom is 0.236 e. The van der Waals surface area contributed by atoms with E-state index in [2.05, 4.69) is 63.0 Å². The molecule has 1 saturated heterocycles. The number of rotatable bonds is 11. The Morgan fingerprint density at radius 3 is 2.68 bits per heavy atom. The van der Waals surface area contributed by atoms with Gasteiger partial charge in [0.2, 0.25) is 5.91 Å². The van der Waals surface area contributed by atoms with Gasteiger partial charge in [-0.25, -0.2) is 0 Å². The minimum atomic E-state index is 0.316. The van der Waals surface area contributed by atoms with Gasteiger partial charge in [0, 0.05) is 38.5 Å². The monoisotopic (exact) mass is 430 g/mol. The first kappa shape index (κ1) is 24.1. The van der Waals surface area contributed by atoms with E-state index in [-0.39, 0.29) is 0 Å². The van der Waals surface area contributed by atoms with E-state index in [0.29, 0.717) is 24.4 Å². The van der Waals surface area contributed by atoms with Crippen LogP contribution in [0.3, 0.4) is 0 Å². The minimum Gasteiger partial charge on any atom is -0.493 e. The highest BCUT2D eigenvalue weighted by molar-refractivity contribution is 5.78. The van der Waals surface area contributed by atoms with Crippen molar-refractivity contribution in [2.75, 3.05) is 60.5 Å². The van der Waals surface area contributed by atoms with Gasteiger partial charge in [0.25, 0.3) is 0 Å². The second-order valence-electron chi connectivity index (χ2n) is 10.5. The van der Waals surface area contributed by atoms with Gasteiger partial charge in [0.15, 0.2) is 0 Å². The van der Waals surface area contributed by atoms with Gasteiger partial charge in [-0.2, -0.15) is 0 Å². The first-order chi connectivity index (χ1) is 14.8. The number of amides is 1. The molecular weight excluding hydrogens is 386 g/mol. The Kier molecular flexibility index (Phi) is 8.40. The second-order valence-corrected chi connectivity index (χ2v) is 10.5. The molecule has 2 unspecified atom stereocenters. The van der Waals surface area contributed by atoms with Gasteiger partial charge in [-0.1, -0.05) is 32.4 Å². The molecule has 3 rings (SSSR count). The lowest BCUT2D eigenvalue weighted by Crippen LogP contribution is -2.44. The number of unbranched alkanes of at least 4 members (excludes halogenated alkanes) is 1. The summed E-state index contributed by atoms with van der Waals surface area (Å²) in [6.45, 7) is 9.70. The lowest BCUT2D eigenvalue weighted by molar-refractivity contribution is -0.870. The molecule has 0 aliphatic carbocycles. The highest BCUT2D eigenvalue weighted by Crippen LogP contribution is 2.36. The normalized spacial score (nSPS) is 21.2. The smallest absolute Gasteiger partial charge is 0.236 e. The molecule has 1 amide bonds. The zero-order valence-electron chi connectivity index (χ0n) is 20.5. The van der Waals surface area contributed by atoms with Gasteiger partial charge < -0.3 is 14.1 Å². The van der Waals surface area contributed by atoms with Gasteiger partial charge in [-0.15, -0.1) is 0 Å². The SMILES string of the molecule is CCCCN(CCC[N+](C)(C)C)C(=O)CN1CC(c2ccc3c(c2)CCO3)CC1CC. The Morgan fingerprint density at radius 1 is 1.19 bits per heavy atom. The second kappa shape index (κ2) is 10.8. The van der Waals surface area contributed by atoms with E-state index < -0.39 is 0 Å². The van der Waals surface area contributed by atoms with Crippen LogP contribution in [0.25, 0.3) is 0 Å². The predicted molar refractivity (Wildman–Crippen MR) is 128 cm³/mol. The van der Waals surface area contributed by atoms with E-state index in [9.17, 15) is 4.79 Å². The van der Waals surface area contributed by atoms with Crippen LogP contribution in [0, 0.1) is 0 Å². The summed E-state index contributed by atoms with van der Waals surface area (Å²) < 4.78 is 6.63. The van der Waals surface area contributed by atoms with E-state index in [0.717, 1.165) is 81.5 Å². The molecule has 5 nitrogen and oxygen atoms in total. The molecule has 31 heavy (non-hydrogen) atoms. The molecule has 0 saturated carbocycles. The topological polar surface area (TPSA) is 32.8 Å². The fourth-order valence-corrected chi connectivity index (χ4v) is 5.02. The van der Waals surface area contributed by atoms with E-state index in [1.165, 1.54) is 11.1 Å². The zero-order valence-corrected chi connectivity index (χ0v) is 20.5. The van der Waals surface area contributed by atoms with Crippen molar-refractivity contribution in [2.24, 2.45) is 0 Å². The van der Waals surface area contributed by atoms with E-state index >= 15 is 0 Å². The van der Waals surface area contributed by atoms with Gasteiger partial charge in [-0.05, 0) is 42.4 Å². The summed E-state index contributed by atoms with van der Waals surface area (Å²) in [6.07, 6.45) is 6.57. The van der Waals surface area contributed by atoms with Crippen LogP contribution in [0.1, 0.15) is 63.0 Å². The Morgan fingerprint density at radius 2 is 1.97 bits per heavy atom. The van der Waals surface area contributed by atoms with Crippen molar-refractivity contribution in [1.29, 1.82) is 0 Å². The number of nitrogens with zero attached hydrogens (tertiary/aromatic N) is 3. The molecule has 1 fully saturated rings. The van der Waals surface area contributed by atoms with Gasteiger partial charge in [0.05, 0.1) is 40.8 Å². The van der Waals surface area contributed by atoms with Crippen molar-refractivity contribution in [3.05, 3.63) is 29.3 Å². The van der Waals surface area contributed by atoms with Crippen molar-refractivity contribution < 1.29 is 14.0 Å². The summed E-state index contributed by atoms with van der Waals surface area (Å²) >= 11 is 0. The largest absolute Gasteiger partial charge is 0.493 e. The van der Waals surface area contributed by atoms with Crippen LogP contribution < -0.4 is 4.74 Å². The molecule has 0 bridgehead atoms. The number of carbonyl (C=O) groups is 1. The summed E-state index contributed by atoms with van der Waals surface area (Å²) in [5.41, 5.74) is 2.77. The highest BCUT2D eigenvalue weighted by Gasteiger charge is 2.34. The van der Waals surface area contributed by atoms with Crippen molar-refractivity contribution in [2.45, 2.75) is 64.3 Å². The predicted octanol–water partition coefficient (Wildman–Crippen LogP) is 3.91. The lowest BCUT2D eigenvalue weighted by atomic mass is 9.94. The van der Waals surface area contributed by atoms with Crippen molar-refractivity contribution in [3.8, 4) is 5.75 Å². The quantitative estimate of drug-likeness (QED) is 0.499. The molecule has 0 aromatic heterocycles. The summed E-state index contributed by atoms with van der Waals surface area (Å²) in [4.78, 5) is 17.9. The number of hydrogen-bond donors (Lipinski definition) is 0. The fourth-order valence-electron chi connectivity index (χ4n) is 5.02. The number of carbonyl (C=O) groups excluding carboxylic acids is 1. The van der Waals surface area contributed by atoms with Crippen LogP contribution in [0.15, 0.2) is 18.2 Å². The van der Waals surface area contributed by atoms with Gasteiger partial charge in [-0.3, -0.25) is 9.69 Å². The van der Waals surface area contributed by atoms with Crippen molar-refractivity contribution in [3.63, 3.8) is 0 Å². The van der Waals surface area contributed by atoms with Crippen LogP contribution in [0.2, 0.25) is 0 Å². The molecule has 1 aromatic rings. The first-order valence-corrected chi connectivity index (χ1v) is 12.4. The molecule has 0 N–H and O–H groups in total. The first-order valence-electron chi connectivity index (χ1n) is 12.4. The Hall–Kier alpha value is -1.59. The summed E-state index contributed by atoms with van der Waals surface area (Å²) in [7, 11) is 6.67. The molecule has 2 atom stereocenters. The molecule has 2 aliphatic heterocycles. The van der Waals surface area contributed by atoms with E-state index in [4.69, 9.17) is 4.74 Å². The molecule has 0 radical (unpaired) electrons. The third-order valence-corrected chi connectivity index (χ3v) is 6.91. The molecule has 0 spiro atoms.